The van der Waals surface area contributed by atoms with Crippen LogP contribution in [0.3, 0.4) is 0 Å². The lowest BCUT2D eigenvalue weighted by Crippen LogP contribution is -2.41. The van der Waals surface area contributed by atoms with Crippen LogP contribution in [0, 0.1) is 0 Å². The summed E-state index contributed by atoms with van der Waals surface area (Å²) in [6.07, 6.45) is 0. The maximum atomic E-state index is 12.3. The summed E-state index contributed by atoms with van der Waals surface area (Å²) >= 11 is 0. The molecule has 3 aromatic carbocycles. The second kappa shape index (κ2) is 11.2. The molecule has 0 aliphatic carbocycles. The smallest absolute Gasteiger partial charge is 0.323 e. The van der Waals surface area contributed by atoms with E-state index in [9.17, 15) is 14.4 Å². The largest absolute Gasteiger partial charge is 0.486 e. The summed E-state index contributed by atoms with van der Waals surface area (Å²) in [7, 11) is 0. The number of benzene rings is 3. The molecule has 4 rings (SSSR count). The monoisotopic (exact) mass is 470 g/mol. The Morgan fingerprint density at radius 2 is 1.26 bits per heavy atom. The molecule has 0 saturated heterocycles. The summed E-state index contributed by atoms with van der Waals surface area (Å²) in [4.78, 5) is 36.7. The van der Waals surface area contributed by atoms with Gasteiger partial charge in [-0.05, 0) is 60.7 Å². The number of ether oxygens (including phenoxy) is 1. The molecular weight excluding hydrogens is 448 g/mol. The van der Waals surface area contributed by atoms with Crippen LogP contribution in [0.25, 0.3) is 0 Å². The van der Waals surface area contributed by atoms with Gasteiger partial charge in [0.05, 0.1) is 0 Å². The molecule has 0 unspecified atom stereocenters. The lowest BCUT2D eigenvalue weighted by molar-refractivity contribution is 0.0828. The fourth-order valence-electron chi connectivity index (χ4n) is 3.02. The fourth-order valence-corrected chi connectivity index (χ4v) is 3.02. The van der Waals surface area contributed by atoms with Crippen LogP contribution in [-0.2, 0) is 6.61 Å². The van der Waals surface area contributed by atoms with Gasteiger partial charge in [0.15, 0.2) is 5.76 Å². The Bertz CT molecular complexity index is 1290. The topological polar surface area (TPSA) is 122 Å². The van der Waals surface area contributed by atoms with Crippen LogP contribution in [0.1, 0.15) is 26.7 Å². The van der Waals surface area contributed by atoms with Crippen molar-refractivity contribution in [3.05, 3.63) is 114 Å². The Morgan fingerprint density at radius 1 is 0.657 bits per heavy atom. The molecule has 1 aromatic heterocycles. The Morgan fingerprint density at radius 3 is 1.94 bits per heavy atom. The molecule has 0 fully saturated rings. The van der Waals surface area contributed by atoms with Crippen LogP contribution in [0.15, 0.2) is 101 Å². The van der Waals surface area contributed by atoms with E-state index >= 15 is 0 Å². The molecule has 0 saturated carbocycles. The number of nitrogens with one attached hydrogen (secondary N) is 4. The molecule has 4 aromatic rings. The SMILES string of the molecule is O=C(Nc1ccccc1)Nc1ccc(C(=O)NNC(=O)c2ccc(COc3ccccc3)o2)cc1. The second-order valence-electron chi connectivity index (χ2n) is 7.30. The first-order valence-electron chi connectivity index (χ1n) is 10.7. The molecule has 0 aliphatic rings. The van der Waals surface area contributed by atoms with Gasteiger partial charge in [-0.15, -0.1) is 0 Å². The summed E-state index contributed by atoms with van der Waals surface area (Å²) in [6, 6.07) is 27.1. The van der Waals surface area contributed by atoms with E-state index in [4.69, 9.17) is 9.15 Å². The maximum absolute atomic E-state index is 12.3. The van der Waals surface area contributed by atoms with E-state index in [2.05, 4.69) is 21.5 Å². The predicted molar refractivity (Wildman–Crippen MR) is 130 cm³/mol. The first-order chi connectivity index (χ1) is 17.1. The number of urea groups is 1. The highest BCUT2D eigenvalue weighted by Gasteiger charge is 2.14. The van der Waals surface area contributed by atoms with E-state index in [0.717, 1.165) is 0 Å². The van der Waals surface area contributed by atoms with Crippen molar-refractivity contribution in [3.63, 3.8) is 0 Å². The number of amides is 4. The van der Waals surface area contributed by atoms with E-state index in [1.165, 1.54) is 18.2 Å². The van der Waals surface area contributed by atoms with E-state index in [0.29, 0.717) is 22.9 Å². The highest BCUT2D eigenvalue weighted by molar-refractivity contribution is 6.01. The van der Waals surface area contributed by atoms with Crippen molar-refractivity contribution in [2.24, 2.45) is 0 Å². The molecule has 0 aliphatic heterocycles. The molecule has 176 valence electrons. The third kappa shape index (κ3) is 6.72. The maximum Gasteiger partial charge on any atom is 0.323 e. The normalized spacial score (nSPS) is 10.2. The van der Waals surface area contributed by atoms with Crippen LogP contribution >= 0.6 is 0 Å². The number of para-hydroxylation sites is 2. The van der Waals surface area contributed by atoms with Crippen LogP contribution in [0.5, 0.6) is 5.75 Å². The molecule has 1 heterocycles. The standard InChI is InChI=1S/C26H22N4O5/c31-24(18-11-13-20(14-12-18)28-26(33)27-19-7-3-1-4-8-19)29-30-25(32)23-16-15-22(35-23)17-34-21-9-5-2-6-10-21/h1-16H,17H2,(H,29,31)(H,30,32)(H2,27,28,33). The molecule has 0 bridgehead atoms. The predicted octanol–water partition coefficient (Wildman–Crippen LogP) is 4.58. The van der Waals surface area contributed by atoms with Crippen molar-refractivity contribution in [1.29, 1.82) is 0 Å². The number of anilines is 2. The minimum absolute atomic E-state index is 0.0286. The molecule has 0 spiro atoms. The van der Waals surface area contributed by atoms with Crippen LogP contribution in [0.4, 0.5) is 16.2 Å². The van der Waals surface area contributed by atoms with Gasteiger partial charge < -0.3 is 19.8 Å². The van der Waals surface area contributed by atoms with E-state index in [1.54, 1.807) is 30.3 Å². The molecule has 0 atom stereocenters. The molecule has 4 amide bonds. The van der Waals surface area contributed by atoms with Crippen molar-refractivity contribution in [1.82, 2.24) is 10.9 Å². The second-order valence-corrected chi connectivity index (χ2v) is 7.30. The van der Waals surface area contributed by atoms with Crippen molar-refractivity contribution < 1.29 is 23.5 Å². The molecule has 9 nitrogen and oxygen atoms in total. The highest BCUT2D eigenvalue weighted by Crippen LogP contribution is 2.14. The van der Waals surface area contributed by atoms with Crippen molar-refractivity contribution in [2.75, 3.05) is 10.6 Å². The zero-order valence-electron chi connectivity index (χ0n) is 18.5. The fraction of sp³-hybridized carbons (Fsp3) is 0.0385. The summed E-state index contributed by atoms with van der Waals surface area (Å²) < 4.78 is 11.0. The average molecular weight is 470 g/mol. The third-order valence-electron chi connectivity index (χ3n) is 4.74. The molecule has 4 N–H and O–H groups in total. The van der Waals surface area contributed by atoms with Crippen molar-refractivity contribution >= 4 is 29.2 Å². The Kier molecular flexibility index (Phi) is 7.39. The van der Waals surface area contributed by atoms with Gasteiger partial charge in [-0.2, -0.15) is 0 Å². The molecule has 35 heavy (non-hydrogen) atoms. The van der Waals surface area contributed by atoms with E-state index in [1.807, 2.05) is 48.5 Å². The summed E-state index contributed by atoms with van der Waals surface area (Å²) in [5.41, 5.74) is 6.08. The van der Waals surface area contributed by atoms with E-state index in [-0.39, 0.29) is 17.9 Å². The van der Waals surface area contributed by atoms with Crippen molar-refractivity contribution in [3.8, 4) is 5.75 Å². The van der Waals surface area contributed by atoms with Crippen molar-refractivity contribution in [2.45, 2.75) is 6.61 Å². The Labute approximate surface area is 201 Å². The molecular formula is C26H22N4O5. The molecule has 9 heteroatoms. The van der Waals surface area contributed by atoms with Gasteiger partial charge >= 0.3 is 11.9 Å². The zero-order chi connectivity index (χ0) is 24.5. The number of hydrazine groups is 1. The van der Waals surface area contributed by atoms with Gasteiger partial charge in [0.25, 0.3) is 5.91 Å². The van der Waals surface area contributed by atoms with Gasteiger partial charge in [0, 0.05) is 16.9 Å². The van der Waals surface area contributed by atoms with E-state index < -0.39 is 17.8 Å². The first-order valence-corrected chi connectivity index (χ1v) is 10.7. The Balaban J connectivity index is 1.23. The van der Waals surface area contributed by atoms with Gasteiger partial charge in [0.2, 0.25) is 0 Å². The average Bonchev–Trinajstić information content (AvgIpc) is 3.37. The minimum atomic E-state index is -0.611. The third-order valence-corrected chi connectivity index (χ3v) is 4.74. The van der Waals surface area contributed by atoms with Gasteiger partial charge in [-0.25, -0.2) is 4.79 Å². The number of hydrogen-bond acceptors (Lipinski definition) is 5. The van der Waals surface area contributed by atoms with Gasteiger partial charge in [-0.3, -0.25) is 20.4 Å². The summed E-state index contributed by atoms with van der Waals surface area (Å²) in [5.74, 6) is 0.0314. The lowest BCUT2D eigenvalue weighted by atomic mass is 10.2. The highest BCUT2D eigenvalue weighted by atomic mass is 16.5. The molecule has 0 radical (unpaired) electrons. The lowest BCUT2D eigenvalue weighted by Gasteiger charge is -2.09. The number of carbonyl (C=O) groups is 3. The number of furan rings is 1. The summed E-state index contributed by atoms with van der Waals surface area (Å²) in [5, 5.41) is 5.38. The number of hydrogen-bond donors (Lipinski definition) is 4. The van der Waals surface area contributed by atoms with Gasteiger partial charge in [-0.1, -0.05) is 36.4 Å². The number of carbonyl (C=O) groups excluding carboxylic acids is 3. The zero-order valence-corrected chi connectivity index (χ0v) is 18.5. The van der Waals surface area contributed by atoms with Gasteiger partial charge in [0.1, 0.15) is 18.1 Å². The van der Waals surface area contributed by atoms with Crippen LogP contribution < -0.4 is 26.2 Å². The minimum Gasteiger partial charge on any atom is -0.486 e. The quantitative estimate of drug-likeness (QED) is 0.295. The van der Waals surface area contributed by atoms with Crippen LogP contribution in [-0.4, -0.2) is 17.8 Å². The number of rotatable bonds is 7. The van der Waals surface area contributed by atoms with Crippen LogP contribution in [0.2, 0.25) is 0 Å². The first kappa shape index (κ1) is 23.1. The summed E-state index contributed by atoms with van der Waals surface area (Å²) in [6.45, 7) is 0.160. The Hall–Kier alpha value is -5.05.